The number of allylic oxidation sites excluding steroid dienone is 6. The lowest BCUT2D eigenvalue weighted by Gasteiger charge is -2.38. The van der Waals surface area contributed by atoms with Gasteiger partial charge in [-0.3, -0.25) is 0 Å². The van der Waals surface area contributed by atoms with Gasteiger partial charge in [-0.05, 0) is 106 Å². The molecule has 2 atom stereocenters. The van der Waals surface area contributed by atoms with Crippen LogP contribution in [-0.4, -0.2) is 0 Å². The Balaban J connectivity index is 0.924. The molecule has 13 rings (SSSR count). The molecular formula is C55H37NO2S. The Morgan fingerprint density at radius 2 is 1.29 bits per heavy atom. The van der Waals surface area contributed by atoms with E-state index in [1.54, 1.807) is 0 Å². The number of rotatable bonds is 4. The number of fused-ring (bicyclic) bond motifs is 15. The molecule has 0 N–H and O–H groups in total. The fourth-order valence-electron chi connectivity index (χ4n) is 10.9. The summed E-state index contributed by atoms with van der Waals surface area (Å²) in [6.45, 7) is 0. The lowest BCUT2D eigenvalue weighted by atomic mass is 9.65. The van der Waals surface area contributed by atoms with Crippen LogP contribution in [0.5, 0.6) is 11.5 Å². The highest BCUT2D eigenvalue weighted by atomic mass is 32.1. The fraction of sp³-hybridized carbons (Fsp3) is 0.0909. The molecule has 8 aromatic rings. The molecule has 1 aliphatic heterocycles. The number of nitrogens with zero attached hydrogens (tertiary/aromatic N) is 1. The third-order valence-corrected chi connectivity index (χ3v) is 14.4. The third kappa shape index (κ3) is 4.69. The van der Waals surface area contributed by atoms with Crippen molar-refractivity contribution in [1.82, 2.24) is 0 Å². The molecule has 0 saturated carbocycles. The lowest BCUT2D eigenvalue weighted by Crippen LogP contribution is -2.34. The van der Waals surface area contributed by atoms with E-state index >= 15 is 0 Å². The Morgan fingerprint density at radius 3 is 2.14 bits per heavy atom. The van der Waals surface area contributed by atoms with Crippen molar-refractivity contribution in [3.8, 4) is 33.8 Å². The van der Waals surface area contributed by atoms with Crippen LogP contribution in [0.1, 0.15) is 41.0 Å². The van der Waals surface area contributed by atoms with E-state index in [1.807, 2.05) is 17.4 Å². The van der Waals surface area contributed by atoms with E-state index in [-0.39, 0.29) is 17.3 Å². The number of hydrogen-bond donors (Lipinski definition) is 0. The third-order valence-electron chi connectivity index (χ3n) is 13.3. The summed E-state index contributed by atoms with van der Waals surface area (Å²) in [4.78, 5) is 2.43. The van der Waals surface area contributed by atoms with Gasteiger partial charge >= 0.3 is 0 Å². The van der Waals surface area contributed by atoms with Crippen molar-refractivity contribution >= 4 is 42.9 Å². The highest BCUT2D eigenvalue weighted by Crippen LogP contribution is 2.66. The fourth-order valence-corrected chi connectivity index (χ4v) is 12.0. The van der Waals surface area contributed by atoms with Gasteiger partial charge in [-0.25, -0.2) is 0 Å². The molecule has 0 radical (unpaired) electrons. The predicted molar refractivity (Wildman–Crippen MR) is 242 cm³/mol. The molecule has 3 nitrogen and oxygen atoms in total. The van der Waals surface area contributed by atoms with Crippen molar-refractivity contribution in [2.45, 2.75) is 24.2 Å². The smallest absolute Gasteiger partial charge is 0.177 e. The number of para-hydroxylation sites is 1. The van der Waals surface area contributed by atoms with Gasteiger partial charge in [0.25, 0.3) is 0 Å². The maximum absolute atomic E-state index is 7.12. The van der Waals surface area contributed by atoms with Crippen LogP contribution in [0.2, 0.25) is 0 Å². The van der Waals surface area contributed by atoms with Gasteiger partial charge in [-0.15, -0.1) is 11.3 Å². The second kappa shape index (κ2) is 12.6. The average molecular weight is 776 g/mol. The molecule has 1 spiro atoms. The van der Waals surface area contributed by atoms with E-state index < -0.39 is 0 Å². The second-order valence-corrected chi connectivity index (χ2v) is 17.3. The summed E-state index contributed by atoms with van der Waals surface area (Å²) in [6, 6.07) is 57.8. The molecule has 5 aliphatic rings. The Hall–Kier alpha value is -6.88. The molecule has 1 aromatic heterocycles. The molecule has 1 unspecified atom stereocenters. The first-order valence-corrected chi connectivity index (χ1v) is 21.4. The quantitative estimate of drug-likeness (QED) is 0.178. The van der Waals surface area contributed by atoms with Crippen molar-refractivity contribution in [1.29, 1.82) is 0 Å². The molecule has 4 heteroatoms. The normalized spacial score (nSPS) is 18.7. The zero-order valence-corrected chi connectivity index (χ0v) is 33.0. The predicted octanol–water partition coefficient (Wildman–Crippen LogP) is 14.4. The standard InChI is InChI=1S/C55H37NO2S/c1-2-15-35(16-3-1)56(37-28-29-43-42-21-7-11-27-52(42)59-53(43)31-37)36-17-12-14-34(30-36)38-22-13-26-49-54(38)58-51-33-48-44(32-50(51)57-49)41-20-6-10-25-47(41)55(48)45-23-8-4-18-39(45)40-19-5-9-24-46(40)55/h1-2,4-15,17-33,44,48H,3,16H2/t44?,48-/m0/s1. The van der Waals surface area contributed by atoms with Crippen molar-refractivity contribution in [2.75, 3.05) is 4.90 Å². The van der Waals surface area contributed by atoms with Crippen LogP contribution in [-0.2, 0) is 5.41 Å². The number of anilines is 2. The number of ether oxygens (including phenoxy) is 2. The molecule has 0 amide bonds. The molecule has 0 bridgehead atoms. The largest absolute Gasteiger partial charge is 0.450 e. The lowest BCUT2D eigenvalue weighted by molar-refractivity contribution is 0.276. The summed E-state index contributed by atoms with van der Waals surface area (Å²) in [6.07, 6.45) is 13.4. The van der Waals surface area contributed by atoms with E-state index in [0.717, 1.165) is 58.4 Å². The molecule has 7 aromatic carbocycles. The first kappa shape index (κ1) is 33.1. The Morgan fingerprint density at radius 1 is 0.576 bits per heavy atom. The van der Waals surface area contributed by atoms with E-state index in [9.17, 15) is 0 Å². The van der Waals surface area contributed by atoms with E-state index in [2.05, 4.69) is 187 Å². The number of hydrogen-bond acceptors (Lipinski definition) is 4. The topological polar surface area (TPSA) is 21.7 Å². The zero-order valence-electron chi connectivity index (χ0n) is 32.1. The average Bonchev–Trinajstić information content (AvgIpc) is 3.91. The van der Waals surface area contributed by atoms with Crippen LogP contribution < -0.4 is 14.4 Å². The summed E-state index contributed by atoms with van der Waals surface area (Å²) in [5.41, 5.74) is 13.4. The van der Waals surface area contributed by atoms with Crippen molar-refractivity contribution < 1.29 is 9.47 Å². The van der Waals surface area contributed by atoms with Gasteiger partial charge in [0.1, 0.15) is 0 Å². The molecule has 2 heterocycles. The Labute approximate surface area is 347 Å². The summed E-state index contributed by atoms with van der Waals surface area (Å²) < 4.78 is 16.6. The summed E-state index contributed by atoms with van der Waals surface area (Å²) in [5.74, 6) is 3.30. The van der Waals surface area contributed by atoms with Gasteiger partial charge in [0.15, 0.2) is 23.0 Å². The highest BCUT2D eigenvalue weighted by molar-refractivity contribution is 7.25. The van der Waals surface area contributed by atoms with Gasteiger partial charge in [-0.1, -0.05) is 133 Å². The van der Waals surface area contributed by atoms with Gasteiger partial charge in [0, 0.05) is 54.6 Å². The van der Waals surface area contributed by atoms with Crippen LogP contribution in [0.3, 0.4) is 0 Å². The zero-order chi connectivity index (χ0) is 38.7. The van der Waals surface area contributed by atoms with Crippen LogP contribution in [0.15, 0.2) is 205 Å². The van der Waals surface area contributed by atoms with Crippen molar-refractivity contribution in [2.24, 2.45) is 5.92 Å². The monoisotopic (exact) mass is 775 g/mol. The van der Waals surface area contributed by atoms with Crippen molar-refractivity contribution in [3.05, 3.63) is 228 Å². The highest BCUT2D eigenvalue weighted by Gasteiger charge is 2.58. The summed E-state index contributed by atoms with van der Waals surface area (Å²) >= 11 is 1.86. The van der Waals surface area contributed by atoms with Crippen LogP contribution in [0.25, 0.3) is 42.4 Å². The first-order valence-electron chi connectivity index (χ1n) is 20.6. The molecule has 280 valence electrons. The van der Waals surface area contributed by atoms with Crippen LogP contribution >= 0.6 is 11.3 Å². The number of thiophene rings is 1. The maximum atomic E-state index is 7.12. The first-order chi connectivity index (χ1) is 29.2. The minimum absolute atomic E-state index is 0.105. The van der Waals surface area contributed by atoms with Gasteiger partial charge in [-0.2, -0.15) is 0 Å². The van der Waals surface area contributed by atoms with E-state index in [1.165, 1.54) is 59.3 Å². The SMILES string of the molecule is C1=CCCC(N(c2cccc(-c3cccc4c3OC3=C[C@H]5C(C=C3O4)c3ccccc3C53c4ccccc4-c4ccccc43)c2)c2ccc3c(c2)sc2ccccc23)=C1. The van der Waals surface area contributed by atoms with Crippen molar-refractivity contribution in [3.63, 3.8) is 0 Å². The summed E-state index contributed by atoms with van der Waals surface area (Å²) in [5, 5.41) is 2.62. The minimum Gasteiger partial charge on any atom is -0.450 e. The second-order valence-electron chi connectivity index (χ2n) is 16.2. The van der Waals surface area contributed by atoms with Gasteiger partial charge in [0.05, 0.1) is 5.41 Å². The minimum atomic E-state index is -0.341. The van der Waals surface area contributed by atoms with Gasteiger partial charge in [0.2, 0.25) is 0 Å². The Kier molecular flexibility index (Phi) is 7.05. The number of benzene rings is 7. The Bertz CT molecular complexity index is 3170. The molecule has 4 aliphatic carbocycles. The molecular weight excluding hydrogens is 739 g/mol. The molecule has 0 saturated heterocycles. The van der Waals surface area contributed by atoms with Crippen LogP contribution in [0, 0.1) is 5.92 Å². The summed E-state index contributed by atoms with van der Waals surface area (Å²) in [7, 11) is 0. The van der Waals surface area contributed by atoms with Crippen LogP contribution in [0.4, 0.5) is 11.4 Å². The van der Waals surface area contributed by atoms with E-state index in [0.29, 0.717) is 0 Å². The maximum Gasteiger partial charge on any atom is 0.177 e. The molecule has 59 heavy (non-hydrogen) atoms. The van der Waals surface area contributed by atoms with E-state index in [4.69, 9.17) is 9.47 Å². The van der Waals surface area contributed by atoms with Gasteiger partial charge < -0.3 is 14.4 Å². The molecule has 0 fully saturated rings.